The Morgan fingerprint density at radius 2 is 1.78 bits per heavy atom. The van der Waals surface area contributed by atoms with Gasteiger partial charge in [-0.1, -0.05) is 77.5 Å². The summed E-state index contributed by atoms with van der Waals surface area (Å²) in [7, 11) is 0. The molecule has 0 aliphatic carbocycles. The van der Waals surface area contributed by atoms with E-state index >= 15 is 0 Å². The Morgan fingerprint density at radius 1 is 1.08 bits per heavy atom. The lowest BCUT2D eigenvalue weighted by atomic mass is 9.93. The number of benzene rings is 3. The molecule has 0 radical (unpaired) electrons. The van der Waals surface area contributed by atoms with Crippen molar-refractivity contribution in [3.63, 3.8) is 0 Å². The molecule has 1 aromatic heterocycles. The Balaban J connectivity index is 1.82. The first kappa shape index (κ1) is 23.8. The Bertz CT molecular complexity index is 1640. The lowest BCUT2D eigenvalue weighted by Gasteiger charge is -2.25. The second-order valence-corrected chi connectivity index (χ2v) is 9.52. The summed E-state index contributed by atoms with van der Waals surface area (Å²) in [5, 5.41) is 10.1. The largest absolute Gasteiger partial charge is 0.508 e. The third-order valence-electron chi connectivity index (χ3n) is 5.75. The smallest absolute Gasteiger partial charge is 0.338 e. The van der Waals surface area contributed by atoms with Crippen molar-refractivity contribution in [1.82, 2.24) is 4.57 Å². The summed E-state index contributed by atoms with van der Waals surface area (Å²) >= 11 is 7.39. The predicted octanol–water partition coefficient (Wildman–Crippen LogP) is 4.29. The van der Waals surface area contributed by atoms with Gasteiger partial charge in [-0.15, -0.1) is 0 Å². The van der Waals surface area contributed by atoms with E-state index in [1.54, 1.807) is 66.1 Å². The summed E-state index contributed by atoms with van der Waals surface area (Å²) in [6.45, 7) is 1.92. The Kier molecular flexibility index (Phi) is 6.59. The van der Waals surface area contributed by atoms with Crippen LogP contribution in [0.2, 0.25) is 5.02 Å². The van der Waals surface area contributed by atoms with Gasteiger partial charge < -0.3 is 9.84 Å². The van der Waals surface area contributed by atoms with Gasteiger partial charge in [0.15, 0.2) is 4.80 Å². The van der Waals surface area contributed by atoms with Crippen molar-refractivity contribution in [3.8, 4) is 5.75 Å². The number of halogens is 1. The van der Waals surface area contributed by atoms with Crippen LogP contribution in [0.15, 0.2) is 94.2 Å². The zero-order valence-corrected chi connectivity index (χ0v) is 20.8. The summed E-state index contributed by atoms with van der Waals surface area (Å²) in [6.07, 6.45) is 1.75. The van der Waals surface area contributed by atoms with E-state index in [0.29, 0.717) is 25.6 Å². The summed E-state index contributed by atoms with van der Waals surface area (Å²) in [5.41, 5.74) is 2.69. The molecule has 1 aliphatic rings. The fourth-order valence-electron chi connectivity index (χ4n) is 4.12. The highest BCUT2D eigenvalue weighted by Gasteiger charge is 2.35. The molecular weight excluding hydrogens is 496 g/mol. The van der Waals surface area contributed by atoms with Crippen molar-refractivity contribution in [3.05, 3.63) is 126 Å². The van der Waals surface area contributed by atoms with Crippen LogP contribution in [0, 0.1) is 0 Å². The third kappa shape index (κ3) is 4.51. The van der Waals surface area contributed by atoms with Crippen molar-refractivity contribution in [1.29, 1.82) is 0 Å². The van der Waals surface area contributed by atoms with E-state index in [-0.39, 0.29) is 23.5 Å². The molecule has 2 heterocycles. The van der Waals surface area contributed by atoms with Gasteiger partial charge in [0, 0.05) is 10.6 Å². The van der Waals surface area contributed by atoms with Crippen LogP contribution >= 0.6 is 22.9 Å². The first-order valence-corrected chi connectivity index (χ1v) is 12.5. The summed E-state index contributed by atoms with van der Waals surface area (Å²) in [6, 6.07) is 22.3. The number of fused-ring (bicyclic) bond motifs is 1. The lowest BCUT2D eigenvalue weighted by Crippen LogP contribution is -2.40. The predicted molar refractivity (Wildman–Crippen MR) is 141 cm³/mol. The Hall–Kier alpha value is -3.94. The molecule has 6 nitrogen and oxygen atoms in total. The van der Waals surface area contributed by atoms with E-state index in [1.165, 1.54) is 11.3 Å². The normalized spacial score (nSPS) is 15.4. The van der Waals surface area contributed by atoms with Gasteiger partial charge in [-0.3, -0.25) is 9.36 Å². The highest BCUT2D eigenvalue weighted by Crippen LogP contribution is 2.35. The summed E-state index contributed by atoms with van der Waals surface area (Å²) < 4.78 is 7.45. The average Bonchev–Trinajstić information content (AvgIpc) is 3.20. The minimum absolute atomic E-state index is 0.142. The number of thiazole rings is 1. The molecule has 1 atom stereocenters. The molecule has 0 saturated carbocycles. The number of hydrogen-bond acceptors (Lipinski definition) is 6. The molecule has 8 heteroatoms. The SMILES string of the molecule is CCOC(=O)C1=C(c2ccccc2)N=c2s/c(=C\c3ccc(O)cc3)c(=O)n2C1c1ccc(Cl)cc1. The van der Waals surface area contributed by atoms with Crippen LogP contribution in [0.4, 0.5) is 0 Å². The Labute approximate surface area is 215 Å². The van der Waals surface area contributed by atoms with Crippen LogP contribution < -0.4 is 14.9 Å². The second-order valence-electron chi connectivity index (χ2n) is 8.07. The quantitative estimate of drug-likeness (QED) is 0.401. The van der Waals surface area contributed by atoms with E-state index in [4.69, 9.17) is 21.3 Å². The van der Waals surface area contributed by atoms with Crippen LogP contribution in [0.1, 0.15) is 29.7 Å². The van der Waals surface area contributed by atoms with Crippen molar-refractivity contribution in [2.45, 2.75) is 13.0 Å². The molecule has 0 fully saturated rings. The maximum atomic E-state index is 13.7. The number of rotatable bonds is 5. The van der Waals surface area contributed by atoms with Crippen molar-refractivity contribution in [2.75, 3.05) is 6.61 Å². The molecule has 5 rings (SSSR count). The molecule has 36 heavy (non-hydrogen) atoms. The average molecular weight is 517 g/mol. The number of carbonyl (C=O) groups excluding carboxylic acids is 1. The van der Waals surface area contributed by atoms with Crippen LogP contribution in [0.3, 0.4) is 0 Å². The molecule has 1 aliphatic heterocycles. The Morgan fingerprint density at radius 3 is 2.44 bits per heavy atom. The van der Waals surface area contributed by atoms with Gasteiger partial charge in [-0.25, -0.2) is 9.79 Å². The van der Waals surface area contributed by atoms with Gasteiger partial charge >= 0.3 is 5.97 Å². The third-order valence-corrected chi connectivity index (χ3v) is 6.99. The number of nitrogens with zero attached hydrogens (tertiary/aromatic N) is 2. The minimum atomic E-state index is -0.755. The number of ether oxygens (including phenoxy) is 1. The number of carbonyl (C=O) groups is 1. The molecule has 3 aromatic carbocycles. The standard InChI is InChI=1S/C28H21ClN2O4S/c1-2-35-27(34)23-24(18-6-4-3-5-7-18)30-28-31(25(23)19-10-12-20(29)13-11-19)26(33)22(36-28)16-17-8-14-21(32)15-9-17/h3-16,25,32H,2H2,1H3/b22-16-. The maximum absolute atomic E-state index is 13.7. The molecule has 4 aromatic rings. The number of hydrogen-bond donors (Lipinski definition) is 1. The highest BCUT2D eigenvalue weighted by molar-refractivity contribution is 7.07. The topological polar surface area (TPSA) is 80.9 Å². The summed E-state index contributed by atoms with van der Waals surface area (Å²) in [4.78, 5) is 32.4. The number of phenolic OH excluding ortho intramolecular Hbond substituents is 1. The van der Waals surface area contributed by atoms with Crippen LogP contribution in [0.25, 0.3) is 11.8 Å². The number of phenols is 1. The number of aromatic nitrogens is 1. The molecule has 180 valence electrons. The van der Waals surface area contributed by atoms with Gasteiger partial charge in [-0.2, -0.15) is 0 Å². The lowest BCUT2D eigenvalue weighted by molar-refractivity contribution is -0.138. The van der Waals surface area contributed by atoms with Crippen molar-refractivity contribution < 1.29 is 14.6 Å². The van der Waals surface area contributed by atoms with E-state index in [1.807, 2.05) is 30.3 Å². The molecule has 0 saturated heterocycles. The molecule has 0 amide bonds. The van der Waals surface area contributed by atoms with E-state index in [9.17, 15) is 14.7 Å². The van der Waals surface area contributed by atoms with Gasteiger partial charge in [0.05, 0.1) is 28.5 Å². The minimum Gasteiger partial charge on any atom is -0.508 e. The number of esters is 1. The first-order valence-electron chi connectivity index (χ1n) is 11.3. The van der Waals surface area contributed by atoms with Crippen LogP contribution in [0.5, 0.6) is 5.75 Å². The summed E-state index contributed by atoms with van der Waals surface area (Å²) in [5.74, 6) is -0.393. The molecule has 1 unspecified atom stereocenters. The molecule has 1 N–H and O–H groups in total. The van der Waals surface area contributed by atoms with Gasteiger partial charge in [-0.05, 0) is 48.4 Å². The van der Waals surface area contributed by atoms with E-state index in [2.05, 4.69) is 0 Å². The van der Waals surface area contributed by atoms with Crippen molar-refractivity contribution in [2.24, 2.45) is 4.99 Å². The van der Waals surface area contributed by atoms with E-state index in [0.717, 1.165) is 11.1 Å². The van der Waals surface area contributed by atoms with Gasteiger partial charge in [0.1, 0.15) is 5.75 Å². The zero-order chi connectivity index (χ0) is 25.2. The monoisotopic (exact) mass is 516 g/mol. The first-order chi connectivity index (χ1) is 17.5. The number of aromatic hydroxyl groups is 1. The van der Waals surface area contributed by atoms with Gasteiger partial charge in [0.25, 0.3) is 5.56 Å². The zero-order valence-electron chi connectivity index (χ0n) is 19.2. The van der Waals surface area contributed by atoms with Crippen molar-refractivity contribution >= 4 is 40.7 Å². The van der Waals surface area contributed by atoms with Gasteiger partial charge in [0.2, 0.25) is 0 Å². The second kappa shape index (κ2) is 9.97. The molecule has 0 spiro atoms. The fourth-order valence-corrected chi connectivity index (χ4v) is 5.25. The highest BCUT2D eigenvalue weighted by atomic mass is 35.5. The fraction of sp³-hybridized carbons (Fsp3) is 0.107. The van der Waals surface area contributed by atoms with Crippen LogP contribution in [-0.4, -0.2) is 22.2 Å². The molecular formula is C28H21ClN2O4S. The van der Waals surface area contributed by atoms with E-state index < -0.39 is 12.0 Å². The molecule has 0 bridgehead atoms. The maximum Gasteiger partial charge on any atom is 0.338 e. The van der Waals surface area contributed by atoms with Crippen LogP contribution in [-0.2, 0) is 9.53 Å².